The number of rotatable bonds is 5. The fourth-order valence-corrected chi connectivity index (χ4v) is 3.92. The average Bonchev–Trinajstić information content (AvgIpc) is 3.27. The number of hydrogen-bond donors (Lipinski definition) is 1. The Morgan fingerprint density at radius 2 is 2.04 bits per heavy atom. The predicted molar refractivity (Wildman–Crippen MR) is 104 cm³/mol. The van der Waals surface area contributed by atoms with Crippen molar-refractivity contribution in [2.45, 2.75) is 25.4 Å². The van der Waals surface area contributed by atoms with Crippen LogP contribution in [0.2, 0.25) is 0 Å². The summed E-state index contributed by atoms with van der Waals surface area (Å²) in [6.45, 7) is 0.840. The van der Waals surface area contributed by atoms with E-state index in [9.17, 15) is 9.59 Å². The van der Waals surface area contributed by atoms with Gasteiger partial charge in [0.2, 0.25) is 5.91 Å². The highest BCUT2D eigenvalue weighted by atomic mass is 32.1. The van der Waals surface area contributed by atoms with Gasteiger partial charge in [-0.05, 0) is 36.4 Å². The molecule has 0 spiro atoms. The summed E-state index contributed by atoms with van der Waals surface area (Å²) in [6, 6.07) is 9.26. The van der Waals surface area contributed by atoms with Crippen molar-refractivity contribution in [1.29, 1.82) is 0 Å². The van der Waals surface area contributed by atoms with Crippen molar-refractivity contribution < 1.29 is 14.3 Å². The third-order valence-electron chi connectivity index (χ3n) is 4.64. The van der Waals surface area contributed by atoms with Crippen LogP contribution in [0.3, 0.4) is 0 Å². The standard InChI is InChI=1S/C19H18N4O4S/c24-17(20-12-3-6-14-15(10-12)27-8-7-26-14)11-22-19(25)23(13-4-5-13)18(21-22)16-2-1-9-28-16/h1-3,6,9-10,13H,4-5,7-8,11H2,(H,20,24). The van der Waals surface area contributed by atoms with Gasteiger partial charge in [0.15, 0.2) is 17.3 Å². The zero-order chi connectivity index (χ0) is 19.1. The highest BCUT2D eigenvalue weighted by Crippen LogP contribution is 2.37. The molecule has 1 N–H and O–H groups in total. The number of carbonyl (C=O) groups excluding carboxylic acids is 1. The van der Waals surface area contributed by atoms with E-state index in [1.165, 1.54) is 16.0 Å². The second kappa shape index (κ2) is 6.83. The van der Waals surface area contributed by atoms with Gasteiger partial charge in [-0.1, -0.05) is 6.07 Å². The van der Waals surface area contributed by atoms with Gasteiger partial charge >= 0.3 is 5.69 Å². The number of ether oxygens (including phenoxy) is 2. The Balaban J connectivity index is 1.37. The van der Waals surface area contributed by atoms with E-state index < -0.39 is 0 Å². The molecule has 28 heavy (non-hydrogen) atoms. The molecule has 9 heteroatoms. The fourth-order valence-electron chi connectivity index (χ4n) is 3.22. The van der Waals surface area contributed by atoms with Gasteiger partial charge in [0.1, 0.15) is 19.8 Å². The molecule has 1 aliphatic carbocycles. The molecule has 0 unspecified atom stereocenters. The molecule has 1 fully saturated rings. The van der Waals surface area contributed by atoms with Crippen molar-refractivity contribution >= 4 is 22.9 Å². The third-order valence-corrected chi connectivity index (χ3v) is 5.51. The second-order valence-electron chi connectivity index (χ2n) is 6.75. The van der Waals surface area contributed by atoms with E-state index in [0.29, 0.717) is 36.2 Å². The van der Waals surface area contributed by atoms with Gasteiger partial charge in [-0.3, -0.25) is 9.36 Å². The van der Waals surface area contributed by atoms with Crippen LogP contribution < -0.4 is 20.5 Å². The summed E-state index contributed by atoms with van der Waals surface area (Å²) in [5.41, 5.74) is 0.339. The first-order chi connectivity index (χ1) is 13.7. The van der Waals surface area contributed by atoms with Crippen LogP contribution in [0.4, 0.5) is 5.69 Å². The number of carbonyl (C=O) groups is 1. The van der Waals surface area contributed by atoms with Gasteiger partial charge in [0.25, 0.3) is 0 Å². The summed E-state index contributed by atoms with van der Waals surface area (Å²) in [7, 11) is 0. The normalized spacial score (nSPS) is 15.4. The van der Waals surface area contributed by atoms with Crippen molar-refractivity contribution in [2.75, 3.05) is 18.5 Å². The highest BCUT2D eigenvalue weighted by Gasteiger charge is 2.31. The van der Waals surface area contributed by atoms with Crippen LogP contribution in [-0.2, 0) is 11.3 Å². The van der Waals surface area contributed by atoms with E-state index >= 15 is 0 Å². The first kappa shape index (κ1) is 17.1. The molecule has 1 saturated carbocycles. The number of thiophene rings is 1. The van der Waals surface area contributed by atoms with E-state index in [0.717, 1.165) is 17.7 Å². The van der Waals surface area contributed by atoms with E-state index in [2.05, 4.69) is 10.4 Å². The zero-order valence-electron chi connectivity index (χ0n) is 15.0. The lowest BCUT2D eigenvalue weighted by atomic mass is 10.2. The molecule has 144 valence electrons. The number of aromatic nitrogens is 3. The Hall–Kier alpha value is -3.07. The van der Waals surface area contributed by atoms with Gasteiger partial charge in [0, 0.05) is 17.8 Å². The summed E-state index contributed by atoms with van der Waals surface area (Å²) < 4.78 is 14.0. The van der Waals surface area contributed by atoms with Crippen molar-refractivity contribution in [3.05, 3.63) is 46.2 Å². The van der Waals surface area contributed by atoms with E-state index in [1.807, 2.05) is 17.5 Å². The van der Waals surface area contributed by atoms with Crippen LogP contribution in [-0.4, -0.2) is 33.5 Å². The lowest BCUT2D eigenvalue weighted by molar-refractivity contribution is -0.117. The predicted octanol–water partition coefficient (Wildman–Crippen LogP) is 2.52. The maximum atomic E-state index is 12.8. The average molecular weight is 398 g/mol. The summed E-state index contributed by atoms with van der Waals surface area (Å²) in [4.78, 5) is 26.2. The fraction of sp³-hybridized carbons (Fsp3) is 0.316. The molecule has 1 amide bonds. The number of amides is 1. The van der Waals surface area contributed by atoms with Crippen LogP contribution in [0, 0.1) is 0 Å². The highest BCUT2D eigenvalue weighted by molar-refractivity contribution is 7.13. The van der Waals surface area contributed by atoms with Gasteiger partial charge in [-0.2, -0.15) is 0 Å². The van der Waals surface area contributed by atoms with Crippen LogP contribution in [0.1, 0.15) is 18.9 Å². The quantitative estimate of drug-likeness (QED) is 0.714. The minimum atomic E-state index is -0.322. The van der Waals surface area contributed by atoms with Crippen molar-refractivity contribution in [1.82, 2.24) is 14.3 Å². The van der Waals surface area contributed by atoms with E-state index in [-0.39, 0.29) is 24.2 Å². The van der Waals surface area contributed by atoms with E-state index in [1.54, 1.807) is 22.8 Å². The monoisotopic (exact) mass is 398 g/mol. The molecule has 8 nitrogen and oxygen atoms in total. The topological polar surface area (TPSA) is 87.4 Å². The first-order valence-corrected chi connectivity index (χ1v) is 10.00. The van der Waals surface area contributed by atoms with Crippen molar-refractivity contribution in [2.24, 2.45) is 0 Å². The second-order valence-corrected chi connectivity index (χ2v) is 7.70. The molecule has 3 aromatic rings. The SMILES string of the molecule is O=C(Cn1nc(-c2cccs2)n(C2CC2)c1=O)Nc1ccc2c(c1)OCCO2. The summed E-state index contributed by atoms with van der Waals surface area (Å²) in [5.74, 6) is 1.56. The molecule has 3 heterocycles. The number of benzene rings is 1. The minimum absolute atomic E-state index is 0.147. The number of fused-ring (bicyclic) bond motifs is 1. The number of nitrogens with one attached hydrogen (secondary N) is 1. The first-order valence-electron chi connectivity index (χ1n) is 9.12. The molecule has 5 rings (SSSR count). The number of hydrogen-bond acceptors (Lipinski definition) is 6. The van der Waals surface area contributed by atoms with Crippen molar-refractivity contribution in [3.63, 3.8) is 0 Å². The Bertz CT molecular complexity index is 1080. The lowest BCUT2D eigenvalue weighted by Gasteiger charge is -2.18. The minimum Gasteiger partial charge on any atom is -0.486 e. The maximum absolute atomic E-state index is 12.8. The molecule has 1 aromatic carbocycles. The molecule has 0 radical (unpaired) electrons. The maximum Gasteiger partial charge on any atom is 0.346 e. The molecule has 1 aliphatic heterocycles. The lowest BCUT2D eigenvalue weighted by Crippen LogP contribution is -2.30. The molecule has 2 aliphatic rings. The van der Waals surface area contributed by atoms with Crippen LogP contribution in [0.25, 0.3) is 10.7 Å². The smallest absolute Gasteiger partial charge is 0.346 e. The van der Waals surface area contributed by atoms with Crippen LogP contribution in [0.15, 0.2) is 40.5 Å². The molecule has 0 saturated heterocycles. The molecule has 2 aromatic heterocycles. The number of nitrogens with zero attached hydrogens (tertiary/aromatic N) is 3. The summed E-state index contributed by atoms with van der Waals surface area (Å²) >= 11 is 1.53. The van der Waals surface area contributed by atoms with Crippen LogP contribution >= 0.6 is 11.3 Å². The molecule has 0 atom stereocenters. The molecular weight excluding hydrogens is 380 g/mol. The van der Waals surface area contributed by atoms with Gasteiger partial charge < -0.3 is 14.8 Å². The summed E-state index contributed by atoms with van der Waals surface area (Å²) in [5, 5.41) is 9.18. The van der Waals surface area contributed by atoms with Gasteiger partial charge in [0.05, 0.1) is 4.88 Å². The third kappa shape index (κ3) is 3.18. The Labute approximate surface area is 164 Å². The molecular formula is C19H18N4O4S. The molecule has 0 bridgehead atoms. The Morgan fingerprint density at radius 1 is 1.21 bits per heavy atom. The van der Waals surface area contributed by atoms with E-state index in [4.69, 9.17) is 9.47 Å². The Kier molecular flexibility index (Phi) is 4.16. The largest absolute Gasteiger partial charge is 0.486 e. The van der Waals surface area contributed by atoms with Gasteiger partial charge in [-0.25, -0.2) is 9.48 Å². The van der Waals surface area contributed by atoms with Gasteiger partial charge in [-0.15, -0.1) is 16.4 Å². The van der Waals surface area contributed by atoms with Crippen molar-refractivity contribution in [3.8, 4) is 22.2 Å². The zero-order valence-corrected chi connectivity index (χ0v) is 15.8. The number of anilines is 1. The Morgan fingerprint density at radius 3 is 2.79 bits per heavy atom. The summed E-state index contributed by atoms with van der Waals surface area (Å²) in [6.07, 6.45) is 1.93. The van der Waals surface area contributed by atoms with Crippen LogP contribution in [0.5, 0.6) is 11.5 Å².